The third kappa shape index (κ3) is 1.47. The molecular weight excluding hydrogens is 191 g/mol. The summed E-state index contributed by atoms with van der Waals surface area (Å²) in [7, 11) is 0. The van der Waals surface area contributed by atoms with Crippen LogP contribution in [0.15, 0.2) is 46.0 Å². The quantitative estimate of drug-likeness (QED) is 0.613. The molecule has 0 unspecified atom stereocenters. The minimum absolute atomic E-state index is 1.07. The second kappa shape index (κ2) is 3.46. The van der Waals surface area contributed by atoms with E-state index < -0.39 is 0 Å². The van der Waals surface area contributed by atoms with Gasteiger partial charge in [-0.25, -0.2) is 0 Å². The van der Waals surface area contributed by atoms with Crippen LogP contribution in [0.1, 0.15) is 19.3 Å². The Labute approximate surface area is 81.3 Å². The molecule has 0 atom stereocenters. The van der Waals surface area contributed by atoms with Crippen LogP contribution in [-0.2, 0) is 15.7 Å². The Kier molecular flexibility index (Phi) is 2.33. The molecule has 2 aliphatic rings. The van der Waals surface area contributed by atoms with Gasteiger partial charge in [-0.2, -0.15) is 0 Å². The molecule has 0 saturated carbocycles. The number of hydrogen-bond acceptors (Lipinski definition) is 0. The first-order valence-electron chi connectivity index (χ1n) is 4.27. The van der Waals surface area contributed by atoms with E-state index in [0.717, 1.165) is 19.3 Å². The molecule has 0 saturated heterocycles. The van der Waals surface area contributed by atoms with E-state index in [-0.39, 0.29) is 0 Å². The molecule has 0 aromatic rings. The summed E-state index contributed by atoms with van der Waals surface area (Å²) in [5, 5.41) is 0. The molecule has 0 heterocycles. The third-order valence-corrected chi connectivity index (χ3v) is 2.74. The van der Waals surface area contributed by atoms with Gasteiger partial charge in [-0.1, -0.05) is 0 Å². The Morgan fingerprint density at radius 2 is 2.17 bits per heavy atom. The fraction of sp³-hybridized carbons (Fsp3) is 0.273. The van der Waals surface area contributed by atoms with Gasteiger partial charge in [0.25, 0.3) is 0 Å². The molecule has 0 N–H and O–H groups in total. The fourth-order valence-corrected chi connectivity index (χ4v) is 1.95. The monoisotopic (exact) mass is 202 g/mol. The molecule has 0 bridgehead atoms. The Balaban J connectivity index is 2.27. The van der Waals surface area contributed by atoms with Crippen molar-refractivity contribution >= 4 is 0 Å². The second-order valence-electron chi connectivity index (χ2n) is 3.06. The predicted octanol–water partition coefficient (Wildman–Crippen LogP) is 3.02. The first-order valence-corrected chi connectivity index (χ1v) is 4.79. The fourth-order valence-electron chi connectivity index (χ4n) is 1.55. The van der Waals surface area contributed by atoms with Crippen molar-refractivity contribution in [3.63, 3.8) is 0 Å². The van der Waals surface area contributed by atoms with Crippen LogP contribution in [0.2, 0.25) is 0 Å². The summed E-state index contributed by atoms with van der Waals surface area (Å²) >= 11 is 4.54. The third-order valence-electron chi connectivity index (χ3n) is 2.20. The Hall–Kier alpha value is -0.534. The SMILES string of the molecule is [Co][C]1=C(C2=CC=CC2)C=CCC1. The van der Waals surface area contributed by atoms with Crippen molar-refractivity contribution in [2.75, 3.05) is 0 Å². The first kappa shape index (κ1) is 8.08. The van der Waals surface area contributed by atoms with Crippen molar-refractivity contribution in [3.05, 3.63) is 46.0 Å². The van der Waals surface area contributed by atoms with E-state index in [9.17, 15) is 0 Å². The van der Waals surface area contributed by atoms with Gasteiger partial charge in [0.2, 0.25) is 0 Å². The molecule has 2 rings (SSSR count). The van der Waals surface area contributed by atoms with E-state index in [2.05, 4.69) is 46.1 Å². The van der Waals surface area contributed by atoms with E-state index >= 15 is 0 Å². The molecular formula is C11H11Co. The molecule has 64 valence electrons. The van der Waals surface area contributed by atoms with E-state index in [1.807, 2.05) is 0 Å². The zero-order chi connectivity index (χ0) is 8.39. The van der Waals surface area contributed by atoms with Gasteiger partial charge in [0.15, 0.2) is 0 Å². The topological polar surface area (TPSA) is 0 Å². The number of allylic oxidation sites excluding steroid dienone is 8. The van der Waals surface area contributed by atoms with Crippen LogP contribution in [0.4, 0.5) is 0 Å². The molecule has 0 aliphatic heterocycles. The van der Waals surface area contributed by atoms with Gasteiger partial charge in [0.05, 0.1) is 0 Å². The van der Waals surface area contributed by atoms with Crippen molar-refractivity contribution in [3.8, 4) is 0 Å². The zero-order valence-corrected chi connectivity index (χ0v) is 7.88. The van der Waals surface area contributed by atoms with Gasteiger partial charge in [-0.3, -0.25) is 0 Å². The summed E-state index contributed by atoms with van der Waals surface area (Å²) in [4.78, 5) is 0. The van der Waals surface area contributed by atoms with Crippen molar-refractivity contribution in [2.24, 2.45) is 0 Å². The van der Waals surface area contributed by atoms with E-state index in [1.165, 1.54) is 15.7 Å². The Bertz CT molecular complexity index is 303. The zero-order valence-electron chi connectivity index (χ0n) is 6.84. The molecule has 0 aromatic carbocycles. The van der Waals surface area contributed by atoms with Crippen LogP contribution in [-0.4, -0.2) is 0 Å². The maximum absolute atomic E-state index is 4.54. The Morgan fingerprint density at radius 3 is 2.83 bits per heavy atom. The summed E-state index contributed by atoms with van der Waals surface area (Å²) in [5.74, 6) is 0. The first-order chi connectivity index (χ1) is 5.88. The summed E-state index contributed by atoms with van der Waals surface area (Å²) in [6.45, 7) is 0. The van der Waals surface area contributed by atoms with Gasteiger partial charge < -0.3 is 0 Å². The Morgan fingerprint density at radius 1 is 1.25 bits per heavy atom. The van der Waals surface area contributed by atoms with Crippen LogP contribution >= 0.6 is 0 Å². The molecule has 1 heteroatoms. The van der Waals surface area contributed by atoms with Crippen LogP contribution in [0.25, 0.3) is 0 Å². The van der Waals surface area contributed by atoms with Gasteiger partial charge in [-0.15, -0.1) is 0 Å². The minimum atomic E-state index is 1.07. The summed E-state index contributed by atoms with van der Waals surface area (Å²) in [5.41, 5.74) is 2.75. The van der Waals surface area contributed by atoms with Crippen molar-refractivity contribution in [2.45, 2.75) is 19.3 Å². The average Bonchev–Trinajstić information content (AvgIpc) is 2.57. The van der Waals surface area contributed by atoms with Crippen LogP contribution in [0.3, 0.4) is 0 Å². The normalized spacial score (nSPS) is 22.0. The van der Waals surface area contributed by atoms with E-state index in [4.69, 9.17) is 0 Å². The standard InChI is InChI=1S/C11H11.Co/c1-2-6-10(7-3-1)11-8-4-5-9-11;/h2,4-6,8H,1,3,9H2;. The molecule has 0 nitrogen and oxygen atoms in total. The molecule has 0 fully saturated rings. The van der Waals surface area contributed by atoms with Crippen LogP contribution < -0.4 is 0 Å². The number of rotatable bonds is 1. The molecule has 0 radical (unpaired) electrons. The predicted molar refractivity (Wildman–Crippen MR) is 47.2 cm³/mol. The van der Waals surface area contributed by atoms with Gasteiger partial charge in [0, 0.05) is 0 Å². The van der Waals surface area contributed by atoms with Crippen LogP contribution in [0.5, 0.6) is 0 Å². The molecule has 0 amide bonds. The van der Waals surface area contributed by atoms with E-state index in [1.54, 1.807) is 0 Å². The number of hydrogen-bond donors (Lipinski definition) is 0. The van der Waals surface area contributed by atoms with E-state index in [0.29, 0.717) is 0 Å². The van der Waals surface area contributed by atoms with Crippen LogP contribution in [0, 0.1) is 0 Å². The summed E-state index contributed by atoms with van der Waals surface area (Å²) in [6.07, 6.45) is 14.2. The second-order valence-corrected chi connectivity index (χ2v) is 3.69. The van der Waals surface area contributed by atoms with Crippen molar-refractivity contribution in [1.29, 1.82) is 0 Å². The molecule has 2 aliphatic carbocycles. The summed E-state index contributed by atoms with van der Waals surface area (Å²) in [6, 6.07) is 0. The molecule has 0 aromatic heterocycles. The summed E-state index contributed by atoms with van der Waals surface area (Å²) < 4.78 is 1.24. The molecule has 12 heavy (non-hydrogen) atoms. The van der Waals surface area contributed by atoms with Crippen molar-refractivity contribution < 1.29 is 15.7 Å². The van der Waals surface area contributed by atoms with Gasteiger partial charge >= 0.3 is 81.0 Å². The van der Waals surface area contributed by atoms with Crippen molar-refractivity contribution in [1.82, 2.24) is 0 Å². The average molecular weight is 202 g/mol. The van der Waals surface area contributed by atoms with Gasteiger partial charge in [0.1, 0.15) is 0 Å². The van der Waals surface area contributed by atoms with Gasteiger partial charge in [-0.05, 0) is 0 Å². The molecule has 0 spiro atoms. The maximum atomic E-state index is 4.54.